The number of halogens is 4. The van der Waals surface area contributed by atoms with Gasteiger partial charge < -0.3 is 25.3 Å². The largest absolute Gasteiger partial charge is 0.573 e. The van der Waals surface area contributed by atoms with Crippen LogP contribution in [0.4, 0.5) is 23.2 Å². The number of ether oxygens (including phenoxy) is 3. The number of nitrogens with two attached hydrogens (primary N) is 1. The first-order valence-corrected chi connectivity index (χ1v) is 9.04. The van der Waals surface area contributed by atoms with E-state index in [0.29, 0.717) is 0 Å². The predicted molar refractivity (Wildman–Crippen MR) is 107 cm³/mol. The lowest BCUT2D eigenvalue weighted by Gasteiger charge is -2.16. The first-order valence-electron chi connectivity index (χ1n) is 9.04. The highest BCUT2D eigenvalue weighted by molar-refractivity contribution is 6.07. The zero-order valence-electron chi connectivity index (χ0n) is 16.8. The van der Waals surface area contributed by atoms with E-state index in [1.54, 1.807) is 0 Å². The highest BCUT2D eigenvalue weighted by Crippen LogP contribution is 2.36. The summed E-state index contributed by atoms with van der Waals surface area (Å²) in [6.45, 7) is 0. The Labute approximate surface area is 183 Å². The molecule has 1 heterocycles. The summed E-state index contributed by atoms with van der Waals surface area (Å²) < 4.78 is 66.0. The number of nitrogens with zero attached hydrogens (tertiary/aromatic N) is 1. The molecule has 12 heteroatoms. The van der Waals surface area contributed by atoms with Crippen LogP contribution >= 0.6 is 0 Å². The van der Waals surface area contributed by atoms with E-state index in [1.807, 2.05) is 0 Å². The molecule has 172 valence electrons. The Morgan fingerprint density at radius 1 is 1.00 bits per heavy atom. The molecule has 0 unspecified atom stereocenters. The third-order valence-electron chi connectivity index (χ3n) is 4.05. The van der Waals surface area contributed by atoms with E-state index < -0.39 is 29.7 Å². The summed E-state index contributed by atoms with van der Waals surface area (Å²) in [5.41, 5.74) is 4.74. The molecule has 1 aromatic heterocycles. The molecule has 3 rings (SSSR count). The molecule has 0 saturated carbocycles. The van der Waals surface area contributed by atoms with Crippen molar-refractivity contribution in [2.75, 3.05) is 12.4 Å². The molecule has 0 bridgehead atoms. The van der Waals surface area contributed by atoms with Crippen molar-refractivity contribution in [2.24, 2.45) is 5.73 Å². The van der Waals surface area contributed by atoms with Gasteiger partial charge in [-0.2, -0.15) is 0 Å². The van der Waals surface area contributed by atoms with Crippen LogP contribution in [0.3, 0.4) is 0 Å². The number of hydrogen-bond donors (Lipinski definition) is 2. The molecule has 0 aliphatic rings. The van der Waals surface area contributed by atoms with Crippen molar-refractivity contribution in [3.8, 4) is 23.0 Å². The van der Waals surface area contributed by atoms with Crippen molar-refractivity contribution >= 4 is 17.5 Å². The van der Waals surface area contributed by atoms with Crippen LogP contribution in [0.5, 0.6) is 23.0 Å². The third kappa shape index (κ3) is 6.09. The summed E-state index contributed by atoms with van der Waals surface area (Å²) in [7, 11) is 1.26. The second-order valence-electron chi connectivity index (χ2n) is 6.35. The van der Waals surface area contributed by atoms with E-state index in [4.69, 9.17) is 15.2 Å². The molecule has 3 N–H and O–H groups in total. The maximum Gasteiger partial charge on any atom is 0.573 e. The van der Waals surface area contributed by atoms with E-state index in [1.165, 1.54) is 31.5 Å². The average molecular weight is 465 g/mol. The number of hydrogen-bond acceptors (Lipinski definition) is 6. The lowest BCUT2D eigenvalue weighted by atomic mass is 10.1. The molecule has 33 heavy (non-hydrogen) atoms. The number of methoxy groups -OCH3 is 1. The Hall–Kier alpha value is -4.35. The number of amides is 2. The smallest absolute Gasteiger partial charge is 0.493 e. The molecule has 0 spiro atoms. The number of rotatable bonds is 7. The normalized spacial score (nSPS) is 10.9. The first kappa shape index (κ1) is 23.3. The minimum Gasteiger partial charge on any atom is -0.493 e. The Morgan fingerprint density at radius 2 is 1.73 bits per heavy atom. The van der Waals surface area contributed by atoms with E-state index in [-0.39, 0.29) is 34.2 Å². The molecule has 0 aliphatic carbocycles. The third-order valence-corrected chi connectivity index (χ3v) is 4.05. The molecule has 0 saturated heterocycles. The van der Waals surface area contributed by atoms with Crippen molar-refractivity contribution in [1.82, 2.24) is 4.98 Å². The van der Waals surface area contributed by atoms with E-state index in [2.05, 4.69) is 15.0 Å². The summed E-state index contributed by atoms with van der Waals surface area (Å²) in [5, 5.41) is 2.41. The maximum absolute atomic E-state index is 13.5. The van der Waals surface area contributed by atoms with Gasteiger partial charge in [0.15, 0.2) is 11.5 Å². The minimum atomic E-state index is -5.00. The highest BCUT2D eigenvalue weighted by atomic mass is 19.4. The van der Waals surface area contributed by atoms with Gasteiger partial charge in [-0.25, -0.2) is 4.39 Å². The number of alkyl halides is 3. The number of carbonyl (C=O) groups is 2. The van der Waals surface area contributed by atoms with Crippen molar-refractivity contribution in [3.05, 3.63) is 71.8 Å². The van der Waals surface area contributed by atoms with Crippen LogP contribution in [0.15, 0.2) is 54.7 Å². The Balaban J connectivity index is 1.99. The van der Waals surface area contributed by atoms with Crippen molar-refractivity contribution in [3.63, 3.8) is 0 Å². The molecule has 0 atom stereocenters. The van der Waals surface area contributed by atoms with Crippen LogP contribution in [0, 0.1) is 5.82 Å². The molecule has 2 amide bonds. The molecule has 0 fully saturated rings. The van der Waals surface area contributed by atoms with Gasteiger partial charge in [0.25, 0.3) is 11.8 Å². The van der Waals surface area contributed by atoms with Crippen LogP contribution in [0.2, 0.25) is 0 Å². The number of pyridine rings is 1. The summed E-state index contributed by atoms with van der Waals surface area (Å²) in [4.78, 5) is 27.9. The lowest BCUT2D eigenvalue weighted by molar-refractivity contribution is -0.274. The van der Waals surface area contributed by atoms with Crippen molar-refractivity contribution in [2.45, 2.75) is 6.36 Å². The Morgan fingerprint density at radius 3 is 2.39 bits per heavy atom. The lowest BCUT2D eigenvalue weighted by Crippen LogP contribution is -2.19. The van der Waals surface area contributed by atoms with E-state index in [0.717, 1.165) is 30.3 Å². The van der Waals surface area contributed by atoms with Gasteiger partial charge in [-0.05, 0) is 42.5 Å². The number of benzene rings is 2. The number of nitrogens with one attached hydrogen (secondary N) is 1. The van der Waals surface area contributed by atoms with Crippen LogP contribution in [0.25, 0.3) is 0 Å². The monoisotopic (exact) mass is 465 g/mol. The topological polar surface area (TPSA) is 113 Å². The van der Waals surface area contributed by atoms with Gasteiger partial charge in [0.2, 0.25) is 0 Å². The Bertz CT molecular complexity index is 1200. The van der Waals surface area contributed by atoms with Crippen molar-refractivity contribution in [1.29, 1.82) is 0 Å². The second kappa shape index (κ2) is 9.42. The SMILES string of the molecule is COc1cc(F)ccc1Oc1ccc(OC(F)(F)F)cc1C(=O)Nc1ccnc(C(N)=O)c1. The van der Waals surface area contributed by atoms with E-state index >= 15 is 0 Å². The van der Waals surface area contributed by atoms with Gasteiger partial charge in [-0.1, -0.05) is 0 Å². The number of primary amides is 1. The van der Waals surface area contributed by atoms with Crippen LogP contribution in [-0.4, -0.2) is 30.3 Å². The number of anilines is 1. The number of aromatic nitrogens is 1. The van der Waals surface area contributed by atoms with Crippen LogP contribution in [-0.2, 0) is 0 Å². The van der Waals surface area contributed by atoms with E-state index in [9.17, 15) is 27.2 Å². The average Bonchev–Trinajstić information content (AvgIpc) is 2.75. The molecule has 8 nitrogen and oxygen atoms in total. The second-order valence-corrected chi connectivity index (χ2v) is 6.35. The zero-order chi connectivity index (χ0) is 24.2. The van der Waals surface area contributed by atoms with Gasteiger partial charge in [0.05, 0.1) is 12.7 Å². The van der Waals surface area contributed by atoms with Gasteiger partial charge in [0.1, 0.15) is 23.0 Å². The standard InChI is InChI=1S/C21H15F4N3O5/c1-31-18-8-11(22)2-4-17(18)32-16-5-3-13(33-21(23,24)25)10-14(16)20(30)28-12-6-7-27-15(9-12)19(26)29/h2-10H,1H3,(H2,26,29)(H,27,28,30). The summed E-state index contributed by atoms with van der Waals surface area (Å²) >= 11 is 0. The fraction of sp³-hybridized carbons (Fsp3) is 0.0952. The van der Waals surface area contributed by atoms with Gasteiger partial charge in [-0.15, -0.1) is 13.2 Å². The summed E-state index contributed by atoms with van der Waals surface area (Å²) in [6, 6.07) is 8.65. The minimum absolute atomic E-state index is 0.00244. The van der Waals surface area contributed by atoms with Gasteiger partial charge >= 0.3 is 6.36 Å². The van der Waals surface area contributed by atoms with Crippen LogP contribution in [0.1, 0.15) is 20.8 Å². The Kier molecular flexibility index (Phi) is 6.66. The van der Waals surface area contributed by atoms with Gasteiger partial charge in [-0.3, -0.25) is 14.6 Å². The summed E-state index contributed by atoms with van der Waals surface area (Å²) in [5.74, 6) is -3.25. The van der Waals surface area contributed by atoms with Crippen molar-refractivity contribution < 1.29 is 41.4 Å². The first-order chi connectivity index (χ1) is 15.6. The molecule has 0 aliphatic heterocycles. The predicted octanol–water partition coefficient (Wildman–Crippen LogP) is 4.27. The molecule has 2 aromatic carbocycles. The molecular formula is C21H15F4N3O5. The fourth-order valence-electron chi connectivity index (χ4n) is 2.66. The van der Waals surface area contributed by atoms with Crippen LogP contribution < -0.4 is 25.3 Å². The molecular weight excluding hydrogens is 450 g/mol. The van der Waals surface area contributed by atoms with Gasteiger partial charge in [0, 0.05) is 18.0 Å². The molecule has 3 aromatic rings. The maximum atomic E-state index is 13.5. The number of carbonyl (C=O) groups excluding carboxylic acids is 2. The highest BCUT2D eigenvalue weighted by Gasteiger charge is 2.32. The molecule has 0 radical (unpaired) electrons. The quantitative estimate of drug-likeness (QED) is 0.504. The fourth-order valence-corrected chi connectivity index (χ4v) is 2.66. The zero-order valence-corrected chi connectivity index (χ0v) is 16.8. The summed E-state index contributed by atoms with van der Waals surface area (Å²) in [6.07, 6.45) is -3.79.